The number of rotatable bonds is 6. The SMILES string of the molecule is CC[C@H](NC[C@H]1CCCO[C@@H]1c1ccc(C)cc1)C(=O)OC. The van der Waals surface area contributed by atoms with Crippen molar-refractivity contribution in [3.8, 4) is 0 Å². The molecule has 0 aromatic heterocycles. The molecule has 1 N–H and O–H groups in total. The van der Waals surface area contributed by atoms with Gasteiger partial charge in [0.15, 0.2) is 0 Å². The number of carbonyl (C=O) groups excluding carboxylic acids is 1. The Kier molecular flexibility index (Phi) is 6.40. The number of methoxy groups -OCH3 is 1. The zero-order valence-electron chi connectivity index (χ0n) is 13.8. The largest absolute Gasteiger partial charge is 0.468 e. The van der Waals surface area contributed by atoms with Crippen molar-refractivity contribution < 1.29 is 14.3 Å². The van der Waals surface area contributed by atoms with Crippen LogP contribution in [0.1, 0.15) is 43.4 Å². The highest BCUT2D eigenvalue weighted by Crippen LogP contribution is 2.33. The topological polar surface area (TPSA) is 47.6 Å². The van der Waals surface area contributed by atoms with Crippen molar-refractivity contribution in [1.29, 1.82) is 0 Å². The van der Waals surface area contributed by atoms with E-state index >= 15 is 0 Å². The second-order valence-corrected chi connectivity index (χ2v) is 6.00. The molecular formula is C18H27NO3. The Hall–Kier alpha value is -1.39. The number of aryl methyl sites for hydroxylation is 1. The summed E-state index contributed by atoms with van der Waals surface area (Å²) < 4.78 is 10.8. The van der Waals surface area contributed by atoms with E-state index in [2.05, 4.69) is 36.5 Å². The third-order valence-corrected chi connectivity index (χ3v) is 4.37. The van der Waals surface area contributed by atoms with Crippen molar-refractivity contribution in [3.05, 3.63) is 35.4 Å². The molecule has 1 aliphatic heterocycles. The minimum atomic E-state index is -0.231. The van der Waals surface area contributed by atoms with Gasteiger partial charge in [0.1, 0.15) is 6.04 Å². The van der Waals surface area contributed by atoms with Crippen LogP contribution in [0.3, 0.4) is 0 Å². The lowest BCUT2D eigenvalue weighted by molar-refractivity contribution is -0.143. The average molecular weight is 305 g/mol. The number of esters is 1. The fraction of sp³-hybridized carbons (Fsp3) is 0.611. The zero-order valence-corrected chi connectivity index (χ0v) is 13.8. The monoisotopic (exact) mass is 305 g/mol. The second kappa shape index (κ2) is 8.30. The van der Waals surface area contributed by atoms with Crippen LogP contribution in [0.15, 0.2) is 24.3 Å². The van der Waals surface area contributed by atoms with Crippen LogP contribution in [0.5, 0.6) is 0 Å². The van der Waals surface area contributed by atoms with E-state index in [1.807, 2.05) is 6.92 Å². The first-order chi connectivity index (χ1) is 10.7. The van der Waals surface area contributed by atoms with Gasteiger partial charge in [0.25, 0.3) is 0 Å². The highest BCUT2D eigenvalue weighted by atomic mass is 16.5. The molecule has 1 heterocycles. The van der Waals surface area contributed by atoms with Crippen molar-refractivity contribution in [2.24, 2.45) is 5.92 Å². The number of carbonyl (C=O) groups is 1. The molecule has 0 bridgehead atoms. The van der Waals surface area contributed by atoms with Crippen LogP contribution in [0.4, 0.5) is 0 Å². The fourth-order valence-corrected chi connectivity index (χ4v) is 3.01. The number of hydrogen-bond donors (Lipinski definition) is 1. The van der Waals surface area contributed by atoms with Crippen molar-refractivity contribution >= 4 is 5.97 Å². The average Bonchev–Trinajstić information content (AvgIpc) is 2.56. The molecule has 0 unspecified atom stereocenters. The normalized spacial score (nSPS) is 23.0. The van der Waals surface area contributed by atoms with Gasteiger partial charge in [0, 0.05) is 19.1 Å². The second-order valence-electron chi connectivity index (χ2n) is 6.00. The quantitative estimate of drug-likeness (QED) is 0.821. The summed E-state index contributed by atoms with van der Waals surface area (Å²) in [6, 6.07) is 8.32. The van der Waals surface area contributed by atoms with Crippen LogP contribution in [0.2, 0.25) is 0 Å². The van der Waals surface area contributed by atoms with E-state index in [-0.39, 0.29) is 18.1 Å². The van der Waals surface area contributed by atoms with Gasteiger partial charge < -0.3 is 14.8 Å². The molecule has 1 aromatic rings. The number of hydrogen-bond acceptors (Lipinski definition) is 4. The predicted molar refractivity (Wildman–Crippen MR) is 86.7 cm³/mol. The summed E-state index contributed by atoms with van der Waals surface area (Å²) in [4.78, 5) is 11.7. The molecule has 1 aromatic carbocycles. The van der Waals surface area contributed by atoms with E-state index in [9.17, 15) is 4.79 Å². The number of ether oxygens (including phenoxy) is 2. The summed E-state index contributed by atoms with van der Waals surface area (Å²) >= 11 is 0. The van der Waals surface area contributed by atoms with Gasteiger partial charge in [0.05, 0.1) is 13.2 Å². The van der Waals surface area contributed by atoms with Gasteiger partial charge in [-0.1, -0.05) is 36.8 Å². The Labute approximate surface area is 133 Å². The van der Waals surface area contributed by atoms with E-state index in [0.29, 0.717) is 5.92 Å². The van der Waals surface area contributed by atoms with E-state index in [1.165, 1.54) is 18.2 Å². The molecule has 0 aliphatic carbocycles. The molecule has 2 rings (SSSR count). The lowest BCUT2D eigenvalue weighted by Gasteiger charge is -2.33. The molecular weight excluding hydrogens is 278 g/mol. The van der Waals surface area contributed by atoms with Crippen LogP contribution in [-0.2, 0) is 14.3 Å². The van der Waals surface area contributed by atoms with E-state index in [1.54, 1.807) is 0 Å². The van der Waals surface area contributed by atoms with Gasteiger partial charge >= 0.3 is 5.97 Å². The van der Waals surface area contributed by atoms with Crippen molar-refractivity contribution in [1.82, 2.24) is 5.32 Å². The molecule has 3 atom stereocenters. The zero-order chi connectivity index (χ0) is 15.9. The van der Waals surface area contributed by atoms with E-state index in [4.69, 9.17) is 9.47 Å². The van der Waals surface area contributed by atoms with Gasteiger partial charge in [-0.15, -0.1) is 0 Å². The molecule has 0 radical (unpaired) electrons. The van der Waals surface area contributed by atoms with Gasteiger partial charge in [-0.05, 0) is 31.7 Å². The molecule has 0 saturated carbocycles. The summed E-state index contributed by atoms with van der Waals surface area (Å²) in [6.45, 7) is 5.66. The lowest BCUT2D eigenvalue weighted by atomic mass is 9.89. The first-order valence-electron chi connectivity index (χ1n) is 8.15. The molecule has 0 amide bonds. The van der Waals surface area contributed by atoms with E-state index < -0.39 is 0 Å². The van der Waals surface area contributed by atoms with Gasteiger partial charge in [-0.2, -0.15) is 0 Å². The maximum atomic E-state index is 11.7. The van der Waals surface area contributed by atoms with Crippen LogP contribution >= 0.6 is 0 Å². The number of benzene rings is 1. The maximum Gasteiger partial charge on any atom is 0.322 e. The molecule has 1 aliphatic rings. The summed E-state index contributed by atoms with van der Waals surface area (Å²) in [5.74, 6) is 0.196. The van der Waals surface area contributed by atoms with Crippen molar-refractivity contribution in [2.75, 3.05) is 20.3 Å². The molecule has 122 valence electrons. The molecule has 4 nitrogen and oxygen atoms in total. The Morgan fingerprint density at radius 3 is 2.77 bits per heavy atom. The maximum absolute atomic E-state index is 11.7. The first kappa shape index (κ1) is 17.0. The molecule has 0 spiro atoms. The van der Waals surface area contributed by atoms with Gasteiger partial charge in [-0.25, -0.2) is 0 Å². The number of nitrogens with one attached hydrogen (secondary N) is 1. The summed E-state index contributed by atoms with van der Waals surface area (Å²) in [7, 11) is 1.44. The van der Waals surface area contributed by atoms with Crippen molar-refractivity contribution in [2.45, 2.75) is 45.3 Å². The Bertz CT molecular complexity index is 472. The van der Waals surface area contributed by atoms with Gasteiger partial charge in [0.2, 0.25) is 0 Å². The molecule has 1 saturated heterocycles. The van der Waals surface area contributed by atoms with Crippen LogP contribution < -0.4 is 5.32 Å². The first-order valence-corrected chi connectivity index (χ1v) is 8.15. The van der Waals surface area contributed by atoms with Crippen LogP contribution in [0, 0.1) is 12.8 Å². The predicted octanol–water partition coefficient (Wildman–Crippen LogP) is 3.00. The van der Waals surface area contributed by atoms with Gasteiger partial charge in [-0.3, -0.25) is 4.79 Å². The minimum absolute atomic E-state index is 0.108. The standard InChI is InChI=1S/C18H27NO3/c1-4-16(18(20)21-3)19-12-15-6-5-11-22-17(15)14-9-7-13(2)8-10-14/h7-10,15-17,19H,4-6,11-12H2,1-3H3/t15-,16+,17-/m1/s1. The highest BCUT2D eigenvalue weighted by Gasteiger charge is 2.28. The van der Waals surface area contributed by atoms with Crippen LogP contribution in [0.25, 0.3) is 0 Å². The highest BCUT2D eigenvalue weighted by molar-refractivity contribution is 5.75. The van der Waals surface area contributed by atoms with Crippen LogP contribution in [-0.4, -0.2) is 32.3 Å². The summed E-state index contributed by atoms with van der Waals surface area (Å²) in [6.07, 6.45) is 3.03. The Balaban J connectivity index is 2.00. The molecule has 1 fully saturated rings. The van der Waals surface area contributed by atoms with Crippen molar-refractivity contribution in [3.63, 3.8) is 0 Å². The Morgan fingerprint density at radius 2 is 2.14 bits per heavy atom. The smallest absolute Gasteiger partial charge is 0.322 e. The lowest BCUT2D eigenvalue weighted by Crippen LogP contribution is -2.42. The fourth-order valence-electron chi connectivity index (χ4n) is 3.01. The molecule has 4 heteroatoms. The summed E-state index contributed by atoms with van der Waals surface area (Å²) in [5.41, 5.74) is 2.48. The molecule has 22 heavy (non-hydrogen) atoms. The van der Waals surface area contributed by atoms with E-state index in [0.717, 1.165) is 32.4 Å². The minimum Gasteiger partial charge on any atom is -0.468 e. The Morgan fingerprint density at radius 1 is 1.41 bits per heavy atom. The third kappa shape index (κ3) is 4.31. The third-order valence-electron chi connectivity index (χ3n) is 4.37. The summed E-state index contributed by atoms with van der Waals surface area (Å²) in [5, 5.41) is 3.35.